The van der Waals surface area contributed by atoms with Crippen molar-refractivity contribution in [2.75, 3.05) is 12.9 Å². The van der Waals surface area contributed by atoms with Crippen molar-refractivity contribution >= 4 is 16.0 Å². The van der Waals surface area contributed by atoms with Crippen LogP contribution in [0.4, 0.5) is 0 Å². The van der Waals surface area contributed by atoms with Crippen molar-refractivity contribution in [2.45, 2.75) is 25.9 Å². The zero-order chi connectivity index (χ0) is 19.4. The Bertz CT molecular complexity index is 944. The maximum atomic E-state index is 12.4. The lowest BCUT2D eigenvalue weighted by Gasteiger charge is -2.23. The smallest absolute Gasteiger partial charge is 0.264 e. The molecule has 9 nitrogen and oxygen atoms in total. The lowest BCUT2D eigenvalue weighted by atomic mass is 10.0. The molecule has 1 N–H and O–H groups in total. The first-order chi connectivity index (χ1) is 12.1. The van der Waals surface area contributed by atoms with E-state index >= 15 is 0 Å². The monoisotopic (exact) mass is 377 g/mol. The molecule has 0 fully saturated rings. The van der Waals surface area contributed by atoms with Crippen molar-refractivity contribution in [1.29, 1.82) is 5.26 Å². The third kappa shape index (κ3) is 5.37. The van der Waals surface area contributed by atoms with Gasteiger partial charge in [0.15, 0.2) is 0 Å². The van der Waals surface area contributed by atoms with Gasteiger partial charge in [0.05, 0.1) is 42.8 Å². The van der Waals surface area contributed by atoms with E-state index in [0.29, 0.717) is 16.8 Å². The van der Waals surface area contributed by atoms with E-state index in [9.17, 15) is 13.2 Å². The van der Waals surface area contributed by atoms with E-state index < -0.39 is 15.7 Å². The van der Waals surface area contributed by atoms with Crippen LogP contribution in [0.5, 0.6) is 0 Å². The second-order valence-electron chi connectivity index (χ2n) is 6.16. The van der Waals surface area contributed by atoms with Gasteiger partial charge < -0.3 is 5.32 Å². The third-order valence-electron chi connectivity index (χ3n) is 3.48. The van der Waals surface area contributed by atoms with Crippen LogP contribution >= 0.6 is 0 Å². The SMILES string of the molecule is CC(C)(NC(=O)c1cccc(C#N)c1)c1cn(CCOS(C)(=O)=O)nn1. The Morgan fingerprint density at radius 3 is 2.81 bits per heavy atom. The summed E-state index contributed by atoms with van der Waals surface area (Å²) in [6.07, 6.45) is 2.58. The number of nitriles is 1. The van der Waals surface area contributed by atoms with Crippen molar-refractivity contribution < 1.29 is 17.4 Å². The highest BCUT2D eigenvalue weighted by Crippen LogP contribution is 2.18. The second-order valence-corrected chi connectivity index (χ2v) is 7.81. The van der Waals surface area contributed by atoms with E-state index in [1.54, 1.807) is 38.2 Å². The first-order valence-corrected chi connectivity index (χ1v) is 9.50. The molecule has 0 aliphatic heterocycles. The maximum Gasteiger partial charge on any atom is 0.264 e. The van der Waals surface area contributed by atoms with Gasteiger partial charge in [0.1, 0.15) is 5.69 Å². The van der Waals surface area contributed by atoms with Gasteiger partial charge in [0.2, 0.25) is 0 Å². The normalized spacial score (nSPS) is 11.8. The van der Waals surface area contributed by atoms with Crippen molar-refractivity contribution in [3.05, 3.63) is 47.3 Å². The van der Waals surface area contributed by atoms with Crippen LogP contribution in [0, 0.1) is 11.3 Å². The number of nitrogens with zero attached hydrogens (tertiary/aromatic N) is 4. The third-order valence-corrected chi connectivity index (χ3v) is 4.07. The number of carbonyl (C=O) groups is 1. The topological polar surface area (TPSA) is 127 Å². The van der Waals surface area contributed by atoms with Crippen molar-refractivity contribution in [3.8, 4) is 6.07 Å². The Morgan fingerprint density at radius 1 is 1.42 bits per heavy atom. The minimum absolute atomic E-state index is 0.0601. The number of amides is 1. The molecule has 0 spiro atoms. The molecule has 0 saturated carbocycles. The standard InChI is InChI=1S/C16H19N5O4S/c1-16(2,18-15(22)13-6-4-5-12(9-13)10-17)14-11-21(20-19-14)7-8-25-26(3,23)24/h4-6,9,11H,7-8H2,1-3H3,(H,18,22). The van der Waals surface area contributed by atoms with Gasteiger partial charge in [-0.2, -0.15) is 13.7 Å². The number of carbonyl (C=O) groups excluding carboxylic acids is 1. The first kappa shape index (κ1) is 19.6. The Balaban J connectivity index is 2.05. The van der Waals surface area contributed by atoms with Crippen molar-refractivity contribution in [2.24, 2.45) is 0 Å². The minimum atomic E-state index is -3.51. The first-order valence-electron chi connectivity index (χ1n) is 7.68. The fraction of sp³-hybridized carbons (Fsp3) is 0.375. The van der Waals surface area contributed by atoms with Crippen LogP contribution in [0.2, 0.25) is 0 Å². The van der Waals surface area contributed by atoms with Gasteiger partial charge in [-0.25, -0.2) is 4.68 Å². The molecule has 0 bridgehead atoms. The fourth-order valence-corrected chi connectivity index (χ4v) is 2.50. The van der Waals surface area contributed by atoms with Crippen LogP contribution in [0.15, 0.2) is 30.5 Å². The highest BCUT2D eigenvalue weighted by molar-refractivity contribution is 7.85. The Labute approximate surface area is 151 Å². The Morgan fingerprint density at radius 2 is 2.15 bits per heavy atom. The lowest BCUT2D eigenvalue weighted by Crippen LogP contribution is -2.41. The van der Waals surface area contributed by atoms with Crippen LogP contribution < -0.4 is 5.32 Å². The molecule has 0 unspecified atom stereocenters. The predicted octanol–water partition coefficient (Wildman–Crippen LogP) is 0.791. The number of nitrogens with one attached hydrogen (secondary N) is 1. The Kier molecular flexibility index (Phi) is 5.74. The molecular formula is C16H19N5O4S. The zero-order valence-corrected chi connectivity index (χ0v) is 15.4. The summed E-state index contributed by atoms with van der Waals surface area (Å²) in [5.41, 5.74) is 0.440. The van der Waals surface area contributed by atoms with Gasteiger partial charge in [0.25, 0.3) is 16.0 Å². The molecule has 1 aromatic heterocycles. The highest BCUT2D eigenvalue weighted by Gasteiger charge is 2.27. The summed E-state index contributed by atoms with van der Waals surface area (Å²) < 4.78 is 28.0. The highest BCUT2D eigenvalue weighted by atomic mass is 32.2. The van der Waals surface area contributed by atoms with Crippen LogP contribution in [0.25, 0.3) is 0 Å². The number of hydrogen-bond acceptors (Lipinski definition) is 7. The molecule has 1 aromatic carbocycles. The van der Waals surface area contributed by atoms with Gasteiger partial charge in [-0.3, -0.25) is 8.98 Å². The maximum absolute atomic E-state index is 12.4. The average molecular weight is 377 g/mol. The van der Waals surface area contributed by atoms with Gasteiger partial charge in [-0.15, -0.1) is 5.10 Å². The zero-order valence-electron chi connectivity index (χ0n) is 14.6. The molecule has 0 aliphatic rings. The van der Waals surface area contributed by atoms with Crippen LogP contribution in [0.1, 0.15) is 35.5 Å². The van der Waals surface area contributed by atoms with Gasteiger partial charge in [0, 0.05) is 5.56 Å². The van der Waals surface area contributed by atoms with Crippen LogP contribution in [0.3, 0.4) is 0 Å². The summed E-state index contributed by atoms with van der Waals surface area (Å²) in [4.78, 5) is 12.4. The molecule has 0 aliphatic carbocycles. The summed E-state index contributed by atoms with van der Waals surface area (Å²) >= 11 is 0. The van der Waals surface area contributed by atoms with Gasteiger partial charge >= 0.3 is 0 Å². The molecule has 2 rings (SSSR count). The summed E-state index contributed by atoms with van der Waals surface area (Å²) in [7, 11) is -3.51. The van der Waals surface area contributed by atoms with E-state index in [1.807, 2.05) is 6.07 Å². The fourth-order valence-electron chi connectivity index (χ4n) is 2.13. The number of benzene rings is 1. The summed E-state index contributed by atoms with van der Waals surface area (Å²) in [5.74, 6) is -0.345. The van der Waals surface area contributed by atoms with E-state index in [2.05, 4.69) is 19.8 Å². The quantitative estimate of drug-likeness (QED) is 0.707. The summed E-state index contributed by atoms with van der Waals surface area (Å²) in [6.45, 7) is 3.67. The summed E-state index contributed by atoms with van der Waals surface area (Å²) in [5, 5.41) is 19.7. The number of rotatable bonds is 7. The van der Waals surface area contributed by atoms with E-state index in [0.717, 1.165) is 6.26 Å². The molecular weight excluding hydrogens is 358 g/mol. The molecule has 0 saturated heterocycles. The average Bonchev–Trinajstić information content (AvgIpc) is 3.03. The molecule has 10 heteroatoms. The lowest BCUT2D eigenvalue weighted by molar-refractivity contribution is 0.0910. The second kappa shape index (κ2) is 7.63. The molecule has 138 valence electrons. The number of aromatic nitrogens is 3. The van der Waals surface area contributed by atoms with E-state index in [1.165, 1.54) is 10.7 Å². The molecule has 26 heavy (non-hydrogen) atoms. The molecule has 0 radical (unpaired) electrons. The van der Waals surface area contributed by atoms with E-state index in [4.69, 9.17) is 5.26 Å². The molecule has 0 atom stereocenters. The largest absolute Gasteiger partial charge is 0.341 e. The molecule has 1 heterocycles. The predicted molar refractivity (Wildman–Crippen MR) is 92.5 cm³/mol. The van der Waals surface area contributed by atoms with Crippen molar-refractivity contribution in [3.63, 3.8) is 0 Å². The van der Waals surface area contributed by atoms with Gasteiger partial charge in [-0.1, -0.05) is 11.3 Å². The van der Waals surface area contributed by atoms with E-state index in [-0.39, 0.29) is 19.1 Å². The minimum Gasteiger partial charge on any atom is -0.341 e. The number of hydrogen-bond donors (Lipinski definition) is 1. The molecule has 1 amide bonds. The van der Waals surface area contributed by atoms with Crippen LogP contribution in [-0.2, 0) is 26.4 Å². The van der Waals surface area contributed by atoms with Crippen molar-refractivity contribution in [1.82, 2.24) is 20.3 Å². The van der Waals surface area contributed by atoms with Gasteiger partial charge in [-0.05, 0) is 32.0 Å². The van der Waals surface area contributed by atoms with Crippen LogP contribution in [-0.4, -0.2) is 42.2 Å². The molecule has 2 aromatic rings. The summed E-state index contributed by atoms with van der Waals surface area (Å²) in [6, 6.07) is 8.37. The Hall–Kier alpha value is -2.77.